The van der Waals surface area contributed by atoms with Gasteiger partial charge in [0.2, 0.25) is 0 Å². The Labute approximate surface area is 271 Å². The first-order valence-corrected chi connectivity index (χ1v) is 16.7. The number of hydrogen-bond donors (Lipinski definition) is 0. The molecule has 5 aliphatic rings. The van der Waals surface area contributed by atoms with Crippen LogP contribution in [0.3, 0.4) is 0 Å². The highest BCUT2D eigenvalue weighted by Crippen LogP contribution is 2.50. The zero-order valence-corrected chi connectivity index (χ0v) is 25.8. The molecule has 0 heterocycles. The van der Waals surface area contributed by atoms with E-state index < -0.39 is 0 Å². The molecule has 0 spiro atoms. The summed E-state index contributed by atoms with van der Waals surface area (Å²) in [6, 6.07) is 38.0. The quantitative estimate of drug-likeness (QED) is 0.223. The molecule has 5 aliphatic carbocycles. The highest BCUT2D eigenvalue weighted by molar-refractivity contribution is 5.88. The number of benzene rings is 4. The van der Waals surface area contributed by atoms with Crippen LogP contribution < -0.4 is 10.4 Å². The van der Waals surface area contributed by atoms with Gasteiger partial charge in [0.15, 0.2) is 0 Å². The molecule has 0 bridgehead atoms. The Morgan fingerprint density at radius 1 is 0.348 bits per heavy atom. The highest BCUT2D eigenvalue weighted by Gasteiger charge is 2.41. The van der Waals surface area contributed by atoms with E-state index in [4.69, 9.17) is 0 Å². The number of rotatable bonds is 4. The average Bonchev–Trinajstić information content (AvgIpc) is 3.14. The fourth-order valence-corrected chi connectivity index (χ4v) is 8.67. The molecule has 0 radical (unpaired) electrons. The molecule has 4 aromatic carbocycles. The summed E-state index contributed by atoms with van der Waals surface area (Å²) in [7, 11) is 0. The zero-order valence-electron chi connectivity index (χ0n) is 25.8. The van der Waals surface area contributed by atoms with Gasteiger partial charge in [0.1, 0.15) is 0 Å². The van der Waals surface area contributed by atoms with E-state index in [1.165, 1.54) is 55.0 Å². The average molecular weight is 589 g/mol. The van der Waals surface area contributed by atoms with Crippen LogP contribution in [0.1, 0.15) is 5.56 Å². The largest absolute Gasteiger partial charge is 0.0799 e. The minimum atomic E-state index is 0.252. The van der Waals surface area contributed by atoms with Crippen LogP contribution in [-0.4, -0.2) is 0 Å². The lowest BCUT2D eigenvalue weighted by Gasteiger charge is -2.43. The van der Waals surface area contributed by atoms with Gasteiger partial charge >= 0.3 is 0 Å². The standard InChI is InChI=1S/C46H36/c1-2-14-31(15-3-1)32-26-28-33(29-27-32)35-17-6-9-21-39(35)45-40-22-10-12-24-42(40)46(43-25-13-11-23-41(43)45)44-30-34-16-4-5-18-36(34)37-19-7-8-20-38(37)44/h1-30,34,36-38,40,42H. The van der Waals surface area contributed by atoms with Crippen molar-refractivity contribution >= 4 is 11.1 Å². The van der Waals surface area contributed by atoms with E-state index in [0.717, 1.165) is 0 Å². The summed E-state index contributed by atoms with van der Waals surface area (Å²) in [5.41, 5.74) is 10.8. The minimum Gasteiger partial charge on any atom is -0.0799 e. The van der Waals surface area contributed by atoms with Crippen molar-refractivity contribution in [1.29, 1.82) is 0 Å². The number of allylic oxidation sites excluding steroid dienone is 14. The summed E-state index contributed by atoms with van der Waals surface area (Å²) in [6.07, 6.45) is 30.8. The van der Waals surface area contributed by atoms with E-state index in [1.54, 1.807) is 0 Å². The Balaban J connectivity index is 1.26. The van der Waals surface area contributed by atoms with Gasteiger partial charge in [-0.3, -0.25) is 0 Å². The van der Waals surface area contributed by atoms with Crippen LogP contribution in [0.25, 0.3) is 33.4 Å². The molecule has 9 rings (SSSR count). The third-order valence-electron chi connectivity index (χ3n) is 10.7. The molecule has 6 unspecified atom stereocenters. The van der Waals surface area contributed by atoms with Crippen molar-refractivity contribution in [1.82, 2.24) is 0 Å². The second-order valence-corrected chi connectivity index (χ2v) is 13.1. The predicted molar refractivity (Wildman–Crippen MR) is 193 cm³/mol. The van der Waals surface area contributed by atoms with Crippen molar-refractivity contribution in [3.8, 4) is 22.3 Å². The van der Waals surface area contributed by atoms with Crippen molar-refractivity contribution in [2.45, 2.75) is 0 Å². The van der Waals surface area contributed by atoms with Crippen molar-refractivity contribution in [2.24, 2.45) is 35.5 Å². The van der Waals surface area contributed by atoms with Gasteiger partial charge in [0, 0.05) is 23.7 Å². The van der Waals surface area contributed by atoms with Crippen LogP contribution in [0.2, 0.25) is 0 Å². The lowest BCUT2D eigenvalue weighted by molar-refractivity contribution is 0.337. The SMILES string of the molecule is C1=CC2C=C(C3=c4ccccc4=C(c4ccccc4-c4ccc(-c5ccccc5)cc4)C4C=CC=CC34)C3C=CC=CC3C2C=C1. The molecule has 0 aliphatic heterocycles. The molecule has 0 fully saturated rings. The molecule has 4 aromatic rings. The number of fused-ring (bicyclic) bond motifs is 5. The normalized spacial score (nSPS) is 26.7. The molecule has 0 amide bonds. The minimum absolute atomic E-state index is 0.252. The van der Waals surface area contributed by atoms with Gasteiger partial charge in [-0.25, -0.2) is 0 Å². The van der Waals surface area contributed by atoms with Crippen molar-refractivity contribution < 1.29 is 0 Å². The maximum atomic E-state index is 2.61. The van der Waals surface area contributed by atoms with Gasteiger partial charge in [-0.1, -0.05) is 182 Å². The monoisotopic (exact) mass is 588 g/mol. The first kappa shape index (κ1) is 27.1. The van der Waals surface area contributed by atoms with E-state index in [9.17, 15) is 0 Å². The maximum absolute atomic E-state index is 2.61. The summed E-state index contributed by atoms with van der Waals surface area (Å²) < 4.78 is 0. The van der Waals surface area contributed by atoms with Crippen LogP contribution in [0.5, 0.6) is 0 Å². The highest BCUT2D eigenvalue weighted by atomic mass is 14.4. The van der Waals surface area contributed by atoms with E-state index >= 15 is 0 Å². The van der Waals surface area contributed by atoms with Crippen molar-refractivity contribution in [3.63, 3.8) is 0 Å². The summed E-state index contributed by atoms with van der Waals surface area (Å²) in [4.78, 5) is 0. The van der Waals surface area contributed by atoms with Gasteiger partial charge in [-0.15, -0.1) is 0 Å². The maximum Gasteiger partial charge on any atom is 0.0137 e. The fourth-order valence-electron chi connectivity index (χ4n) is 8.67. The topological polar surface area (TPSA) is 0 Å². The molecule has 0 N–H and O–H groups in total. The molecule has 0 nitrogen and oxygen atoms in total. The smallest absolute Gasteiger partial charge is 0.0137 e. The van der Waals surface area contributed by atoms with Gasteiger partial charge in [-0.05, 0) is 66.8 Å². The zero-order chi connectivity index (χ0) is 30.5. The molecule has 0 saturated heterocycles. The second kappa shape index (κ2) is 11.3. The van der Waals surface area contributed by atoms with Crippen LogP contribution >= 0.6 is 0 Å². The molecule has 46 heavy (non-hydrogen) atoms. The third kappa shape index (κ3) is 4.44. The first-order chi connectivity index (χ1) is 22.8. The van der Waals surface area contributed by atoms with E-state index in [2.05, 4.69) is 182 Å². The number of hydrogen-bond acceptors (Lipinski definition) is 0. The Hall–Kier alpha value is -5.20. The third-order valence-corrected chi connectivity index (χ3v) is 10.7. The van der Waals surface area contributed by atoms with E-state index in [-0.39, 0.29) is 11.8 Å². The predicted octanol–water partition coefficient (Wildman–Crippen LogP) is 9.40. The fraction of sp³-hybridized carbons (Fsp3) is 0.130. The summed E-state index contributed by atoms with van der Waals surface area (Å²) in [5, 5.41) is 2.75. The lowest BCUT2D eigenvalue weighted by atomic mass is 9.60. The van der Waals surface area contributed by atoms with Crippen LogP contribution in [0.15, 0.2) is 188 Å². The molecular weight excluding hydrogens is 553 g/mol. The molecule has 220 valence electrons. The van der Waals surface area contributed by atoms with Crippen molar-refractivity contribution in [2.75, 3.05) is 0 Å². The molecule has 0 saturated carbocycles. The summed E-state index contributed by atoms with van der Waals surface area (Å²) in [5.74, 6) is 2.31. The molecule has 0 aromatic heterocycles. The summed E-state index contributed by atoms with van der Waals surface area (Å²) >= 11 is 0. The van der Waals surface area contributed by atoms with Gasteiger partial charge in [0.05, 0.1) is 0 Å². The Bertz CT molecular complexity index is 2160. The van der Waals surface area contributed by atoms with Gasteiger partial charge < -0.3 is 0 Å². The van der Waals surface area contributed by atoms with E-state index in [1.807, 2.05) is 0 Å². The first-order valence-electron chi connectivity index (χ1n) is 16.7. The van der Waals surface area contributed by atoms with Crippen LogP contribution in [-0.2, 0) is 0 Å². The van der Waals surface area contributed by atoms with Gasteiger partial charge in [-0.2, -0.15) is 0 Å². The van der Waals surface area contributed by atoms with Crippen LogP contribution in [0.4, 0.5) is 0 Å². The Kier molecular flexibility index (Phi) is 6.67. The van der Waals surface area contributed by atoms with Gasteiger partial charge in [0.25, 0.3) is 0 Å². The van der Waals surface area contributed by atoms with E-state index in [0.29, 0.717) is 23.7 Å². The molecule has 0 heteroatoms. The van der Waals surface area contributed by atoms with Crippen molar-refractivity contribution in [3.05, 3.63) is 204 Å². The molecular formula is C46H36. The Morgan fingerprint density at radius 2 is 0.870 bits per heavy atom. The van der Waals surface area contributed by atoms with Crippen LogP contribution in [0, 0.1) is 35.5 Å². The second-order valence-electron chi connectivity index (χ2n) is 13.1. The Morgan fingerprint density at radius 3 is 1.63 bits per heavy atom. The lowest BCUT2D eigenvalue weighted by Crippen LogP contribution is -2.43. The molecule has 6 atom stereocenters. The summed E-state index contributed by atoms with van der Waals surface area (Å²) in [6.45, 7) is 0.